The Bertz CT molecular complexity index is 1510. The maximum atomic E-state index is 14.4. The number of hydrogen-bond acceptors (Lipinski definition) is 5. The van der Waals surface area contributed by atoms with E-state index in [9.17, 15) is 18.8 Å². The first-order valence-corrected chi connectivity index (χ1v) is 12.5. The van der Waals surface area contributed by atoms with E-state index in [1.165, 1.54) is 18.0 Å². The smallest absolute Gasteiger partial charge is 0.247 e. The lowest BCUT2D eigenvalue weighted by Gasteiger charge is -2.24. The molecule has 4 heterocycles. The first-order valence-electron chi connectivity index (χ1n) is 11.7. The van der Waals surface area contributed by atoms with Gasteiger partial charge in [0, 0.05) is 57.7 Å². The molecule has 5 rings (SSSR count). The number of benzene rings is 1. The summed E-state index contributed by atoms with van der Waals surface area (Å²) in [6.07, 6.45) is 6.74. The van der Waals surface area contributed by atoms with Crippen molar-refractivity contribution in [3.63, 3.8) is 0 Å². The Labute approximate surface area is 220 Å². The zero-order chi connectivity index (χ0) is 26.1. The molecule has 0 spiro atoms. The Morgan fingerprint density at radius 1 is 1.11 bits per heavy atom. The van der Waals surface area contributed by atoms with Crippen molar-refractivity contribution in [2.45, 2.75) is 32.1 Å². The van der Waals surface area contributed by atoms with Crippen LogP contribution in [-0.2, 0) is 16.1 Å². The summed E-state index contributed by atoms with van der Waals surface area (Å²) in [4.78, 5) is 48.1. The van der Waals surface area contributed by atoms with Gasteiger partial charge in [-0.25, -0.2) is 4.39 Å². The number of pyridine rings is 2. The molecule has 2 atom stereocenters. The van der Waals surface area contributed by atoms with Gasteiger partial charge in [0.25, 0.3) is 0 Å². The Kier molecular flexibility index (Phi) is 6.84. The average Bonchev–Trinajstić information content (AvgIpc) is 3.45. The third-order valence-electron chi connectivity index (χ3n) is 6.41. The van der Waals surface area contributed by atoms with E-state index in [0.29, 0.717) is 26.6 Å². The summed E-state index contributed by atoms with van der Waals surface area (Å²) in [5.41, 5.74) is 3.42. The van der Waals surface area contributed by atoms with Crippen LogP contribution in [0, 0.1) is 0 Å². The van der Waals surface area contributed by atoms with Crippen LogP contribution in [0.5, 0.6) is 0 Å². The van der Waals surface area contributed by atoms with Crippen LogP contribution in [0.15, 0.2) is 71.9 Å². The van der Waals surface area contributed by atoms with Crippen molar-refractivity contribution in [3.8, 4) is 11.1 Å². The lowest BCUT2D eigenvalue weighted by molar-refractivity contribution is -0.137. The molecule has 1 fully saturated rings. The highest BCUT2D eigenvalue weighted by molar-refractivity contribution is 9.10. The molecule has 1 aliphatic heterocycles. The van der Waals surface area contributed by atoms with Crippen molar-refractivity contribution >= 4 is 50.1 Å². The zero-order valence-corrected chi connectivity index (χ0v) is 21.5. The number of alkyl halides is 1. The lowest BCUT2D eigenvalue weighted by atomic mass is 10.0. The van der Waals surface area contributed by atoms with Crippen LogP contribution in [0.4, 0.5) is 10.1 Å². The minimum atomic E-state index is -1.31. The normalized spacial score (nSPS) is 17.2. The molecule has 0 aliphatic carbocycles. The minimum absolute atomic E-state index is 0.0847. The quantitative estimate of drug-likeness (QED) is 0.345. The number of nitrogens with one attached hydrogen (secondary N) is 1. The third kappa shape index (κ3) is 5.15. The van der Waals surface area contributed by atoms with Gasteiger partial charge in [0.1, 0.15) is 18.8 Å². The Morgan fingerprint density at radius 3 is 2.68 bits per heavy atom. The fourth-order valence-corrected chi connectivity index (χ4v) is 5.04. The topological polar surface area (TPSA) is 97.2 Å². The summed E-state index contributed by atoms with van der Waals surface area (Å²) in [5.74, 6) is -1.02. The summed E-state index contributed by atoms with van der Waals surface area (Å²) in [7, 11) is 0. The van der Waals surface area contributed by atoms with Gasteiger partial charge in [-0.05, 0) is 52.7 Å². The second-order valence-electron chi connectivity index (χ2n) is 8.98. The van der Waals surface area contributed by atoms with Gasteiger partial charge in [-0.3, -0.25) is 24.4 Å². The van der Waals surface area contributed by atoms with Crippen molar-refractivity contribution in [1.29, 1.82) is 0 Å². The number of halogens is 2. The van der Waals surface area contributed by atoms with Gasteiger partial charge in [-0.1, -0.05) is 12.1 Å². The maximum Gasteiger partial charge on any atom is 0.247 e. The number of amides is 2. The van der Waals surface area contributed by atoms with Gasteiger partial charge in [-0.15, -0.1) is 0 Å². The Hall–Kier alpha value is -3.92. The van der Waals surface area contributed by atoms with Crippen LogP contribution in [0.25, 0.3) is 22.0 Å². The summed E-state index contributed by atoms with van der Waals surface area (Å²) in [6.45, 7) is 1.17. The standard InChI is InChI=1S/C27H23BrFN5O3/c1-16(35)23-14-33(24-5-4-17(7-22(23)24)18-3-2-6-30-10-18)15-26(36)34-13-20(29)9-25(34)27(37)32-21-8-19(28)11-31-12-21/h2-8,10-12,14,20,25H,9,13,15H2,1H3,(H,32,37)/t20-,25+/m1/s1. The molecular formula is C27H23BrFN5O3. The SMILES string of the molecule is CC(=O)c1cn(CC(=O)N2C[C@H](F)C[C@H]2C(=O)Nc2cncc(Br)c2)c2ccc(-c3cccnc3)cc12. The summed E-state index contributed by atoms with van der Waals surface area (Å²) < 4.78 is 16.8. The number of rotatable bonds is 6. The van der Waals surface area contributed by atoms with Gasteiger partial charge in [0.2, 0.25) is 11.8 Å². The number of hydrogen-bond donors (Lipinski definition) is 1. The molecule has 3 aromatic heterocycles. The number of Topliss-reactive ketones (excluding diaryl/α,β-unsaturated/α-hetero) is 1. The molecule has 4 aromatic rings. The Balaban J connectivity index is 1.41. The van der Waals surface area contributed by atoms with Crippen molar-refractivity contribution in [2.75, 3.05) is 11.9 Å². The number of nitrogens with zero attached hydrogens (tertiary/aromatic N) is 4. The van der Waals surface area contributed by atoms with E-state index < -0.39 is 24.0 Å². The molecule has 1 aromatic carbocycles. The second kappa shape index (κ2) is 10.2. The molecule has 8 nitrogen and oxygen atoms in total. The summed E-state index contributed by atoms with van der Waals surface area (Å²) >= 11 is 3.30. The molecule has 1 aliphatic rings. The largest absolute Gasteiger partial charge is 0.337 e. The molecule has 1 N–H and O–H groups in total. The number of anilines is 1. The predicted molar refractivity (Wildman–Crippen MR) is 141 cm³/mol. The van der Waals surface area contributed by atoms with Crippen molar-refractivity contribution < 1.29 is 18.8 Å². The van der Waals surface area contributed by atoms with E-state index in [1.54, 1.807) is 35.4 Å². The molecular weight excluding hydrogens is 541 g/mol. The van der Waals surface area contributed by atoms with Crippen LogP contribution in [0.1, 0.15) is 23.7 Å². The van der Waals surface area contributed by atoms with Crippen LogP contribution in [0.2, 0.25) is 0 Å². The van der Waals surface area contributed by atoms with Crippen molar-refractivity contribution in [1.82, 2.24) is 19.4 Å². The van der Waals surface area contributed by atoms with Crippen molar-refractivity contribution in [3.05, 3.63) is 77.4 Å². The van der Waals surface area contributed by atoms with E-state index in [2.05, 4.69) is 31.2 Å². The van der Waals surface area contributed by atoms with Gasteiger partial charge in [0.05, 0.1) is 18.4 Å². The fourth-order valence-electron chi connectivity index (χ4n) is 4.67. The molecule has 0 saturated carbocycles. The number of ketones is 1. The number of carbonyl (C=O) groups is 3. The zero-order valence-electron chi connectivity index (χ0n) is 19.9. The second-order valence-corrected chi connectivity index (χ2v) is 9.89. The Morgan fingerprint density at radius 2 is 1.95 bits per heavy atom. The monoisotopic (exact) mass is 563 g/mol. The molecule has 10 heteroatoms. The van der Waals surface area contributed by atoms with E-state index in [4.69, 9.17) is 0 Å². The van der Waals surface area contributed by atoms with Gasteiger partial charge >= 0.3 is 0 Å². The van der Waals surface area contributed by atoms with E-state index in [-0.39, 0.29) is 25.3 Å². The molecule has 0 unspecified atom stereocenters. The average molecular weight is 564 g/mol. The first-order chi connectivity index (χ1) is 17.8. The van der Waals surface area contributed by atoms with E-state index in [1.807, 2.05) is 30.3 Å². The number of fused-ring (bicyclic) bond motifs is 1. The van der Waals surface area contributed by atoms with Crippen LogP contribution in [0.3, 0.4) is 0 Å². The molecule has 0 bridgehead atoms. The van der Waals surface area contributed by atoms with Gasteiger partial charge in [-0.2, -0.15) is 0 Å². The lowest BCUT2D eigenvalue weighted by Crippen LogP contribution is -2.44. The number of aromatic nitrogens is 3. The van der Waals surface area contributed by atoms with Crippen molar-refractivity contribution in [2.24, 2.45) is 0 Å². The number of likely N-dealkylation sites (tertiary alicyclic amines) is 1. The van der Waals surface area contributed by atoms with Gasteiger partial charge < -0.3 is 14.8 Å². The summed E-state index contributed by atoms with van der Waals surface area (Å²) in [5, 5.41) is 3.43. The highest BCUT2D eigenvalue weighted by atomic mass is 79.9. The van der Waals surface area contributed by atoms with E-state index in [0.717, 1.165) is 11.1 Å². The third-order valence-corrected chi connectivity index (χ3v) is 6.84. The summed E-state index contributed by atoms with van der Waals surface area (Å²) in [6, 6.07) is 10.1. The fraction of sp³-hybridized carbons (Fsp3) is 0.222. The predicted octanol–water partition coefficient (Wildman–Crippen LogP) is 4.64. The van der Waals surface area contributed by atoms with Gasteiger partial charge in [0.15, 0.2) is 5.78 Å². The highest BCUT2D eigenvalue weighted by Crippen LogP contribution is 2.29. The molecule has 2 amide bonds. The van der Waals surface area contributed by atoms with Crippen LogP contribution >= 0.6 is 15.9 Å². The number of carbonyl (C=O) groups excluding carboxylic acids is 3. The van der Waals surface area contributed by atoms with Crippen LogP contribution < -0.4 is 5.32 Å². The molecule has 1 saturated heterocycles. The highest BCUT2D eigenvalue weighted by Gasteiger charge is 2.40. The molecule has 37 heavy (non-hydrogen) atoms. The maximum absolute atomic E-state index is 14.4. The minimum Gasteiger partial charge on any atom is -0.337 e. The van der Waals surface area contributed by atoms with Crippen LogP contribution in [-0.4, -0.2) is 55.8 Å². The first kappa shape index (κ1) is 24.8. The molecule has 0 radical (unpaired) electrons. The molecule has 188 valence electrons. The van der Waals surface area contributed by atoms with E-state index >= 15 is 0 Å².